The minimum Gasteiger partial charge on any atom is -0.756 e. The molecule has 0 bridgehead atoms. The van der Waals surface area contributed by atoms with Gasteiger partial charge in [0.2, 0.25) is 5.91 Å². The number of hydrogen-bond acceptors (Lipinski definition) is 7. The SMILES string of the molecule is CC/C=C/C/C=C/CCCCCCCCCC(=O)OC(/C=C/CCCCCCCCCCC)C(COP(=O)([O-])OCC[N+](C)(C)C)NC(=O)CC/C=C/C/C=C\CCCCCCCC. The average molecular weight is 919 g/mol. The molecule has 1 N–H and O–H groups in total. The number of likely N-dealkylation sites (N-methyl/N-ethyl adjacent to an activating group) is 1. The van der Waals surface area contributed by atoms with Crippen molar-refractivity contribution in [2.75, 3.05) is 40.9 Å². The molecule has 0 saturated carbocycles. The zero-order valence-electron chi connectivity index (χ0n) is 42.2. The lowest BCUT2D eigenvalue weighted by atomic mass is 10.1. The largest absolute Gasteiger partial charge is 0.756 e. The third-order valence-electron chi connectivity index (χ3n) is 11.2. The molecule has 0 aromatic heterocycles. The van der Waals surface area contributed by atoms with E-state index in [1.807, 2.05) is 33.3 Å². The zero-order chi connectivity index (χ0) is 47.3. The minimum absolute atomic E-state index is 0.0343. The Morgan fingerprint density at radius 2 is 1.02 bits per heavy atom. The summed E-state index contributed by atoms with van der Waals surface area (Å²) in [5, 5.41) is 2.96. The van der Waals surface area contributed by atoms with E-state index < -0.39 is 26.6 Å². The van der Waals surface area contributed by atoms with E-state index in [2.05, 4.69) is 68.6 Å². The second-order valence-electron chi connectivity index (χ2n) is 18.6. The quantitative estimate of drug-likeness (QED) is 0.0213. The Hall–Kier alpha value is -2.29. The Balaban J connectivity index is 5.50. The maximum Gasteiger partial charge on any atom is 0.306 e. The Labute approximate surface area is 394 Å². The molecule has 3 unspecified atom stereocenters. The van der Waals surface area contributed by atoms with Gasteiger partial charge in [-0.05, 0) is 76.7 Å². The molecule has 0 saturated heterocycles. The van der Waals surface area contributed by atoms with E-state index >= 15 is 0 Å². The first kappa shape index (κ1) is 61.7. The molecule has 0 heterocycles. The summed E-state index contributed by atoms with van der Waals surface area (Å²) in [6.07, 6.45) is 53.5. The van der Waals surface area contributed by atoms with E-state index in [1.165, 1.54) is 103 Å². The van der Waals surface area contributed by atoms with Crippen LogP contribution in [-0.2, 0) is 27.9 Å². The van der Waals surface area contributed by atoms with Gasteiger partial charge >= 0.3 is 5.97 Å². The molecule has 0 fully saturated rings. The number of unbranched alkanes of at least 4 members (excludes halogenated alkanes) is 22. The minimum atomic E-state index is -4.70. The standard InChI is InChI=1S/C54H99N2O7P/c1-7-10-13-16-19-22-25-27-29-32-35-38-41-44-47-54(58)63-52(45-42-39-36-33-30-24-21-18-15-12-9-3)51(50-62-64(59,60)61-49-48-56(4,5)6)55-53(57)46-43-40-37-34-31-28-26-23-20-17-14-11-8-2/h10,13,19,22,28,31,37,40,42,45,51-52H,7-9,11-12,14-18,20-21,23-27,29-30,32-36,38-39,41,43-44,46-50H2,1-6H3,(H-,55,57,59,60)/b13-10+,22-19+,31-28-,40-37+,45-42+. The number of phosphoric ester groups is 1. The van der Waals surface area contributed by atoms with Crippen LogP contribution in [0.15, 0.2) is 60.8 Å². The Bertz CT molecular complexity index is 1290. The smallest absolute Gasteiger partial charge is 0.306 e. The number of esters is 1. The Kier molecular flexibility index (Phi) is 42.9. The first-order chi connectivity index (χ1) is 30.9. The van der Waals surface area contributed by atoms with Crippen molar-refractivity contribution in [3.05, 3.63) is 60.8 Å². The van der Waals surface area contributed by atoms with Crippen molar-refractivity contribution in [1.29, 1.82) is 0 Å². The second kappa shape index (κ2) is 44.5. The summed E-state index contributed by atoms with van der Waals surface area (Å²) in [6.45, 7) is 6.65. The first-order valence-electron chi connectivity index (χ1n) is 26.1. The van der Waals surface area contributed by atoms with Gasteiger partial charge in [0.15, 0.2) is 0 Å². The molecule has 0 aliphatic rings. The van der Waals surface area contributed by atoms with Crippen LogP contribution in [-0.4, -0.2) is 69.4 Å². The highest BCUT2D eigenvalue weighted by Crippen LogP contribution is 2.38. The van der Waals surface area contributed by atoms with Gasteiger partial charge in [0.1, 0.15) is 19.3 Å². The number of allylic oxidation sites excluding steroid dienone is 9. The molecule has 0 aliphatic carbocycles. The van der Waals surface area contributed by atoms with Crippen LogP contribution in [0.2, 0.25) is 0 Å². The third kappa shape index (κ3) is 44.9. The van der Waals surface area contributed by atoms with Gasteiger partial charge in [-0.1, -0.05) is 191 Å². The highest BCUT2D eigenvalue weighted by molar-refractivity contribution is 7.45. The van der Waals surface area contributed by atoms with Crippen LogP contribution in [0.3, 0.4) is 0 Å². The molecule has 3 atom stereocenters. The third-order valence-corrected chi connectivity index (χ3v) is 12.2. The van der Waals surface area contributed by atoms with Crippen molar-refractivity contribution < 1.29 is 37.3 Å². The number of amides is 1. The molecule has 9 nitrogen and oxygen atoms in total. The predicted octanol–water partition coefficient (Wildman–Crippen LogP) is 14.5. The number of nitrogens with one attached hydrogen (secondary N) is 1. The lowest BCUT2D eigenvalue weighted by molar-refractivity contribution is -0.870. The van der Waals surface area contributed by atoms with Crippen molar-refractivity contribution in [3.63, 3.8) is 0 Å². The molecular weight excluding hydrogens is 820 g/mol. The number of rotatable bonds is 46. The van der Waals surface area contributed by atoms with E-state index in [4.69, 9.17) is 13.8 Å². The van der Waals surface area contributed by atoms with Crippen LogP contribution in [0.1, 0.15) is 220 Å². The molecule has 0 rings (SSSR count). The fourth-order valence-corrected chi connectivity index (χ4v) is 7.86. The van der Waals surface area contributed by atoms with Crippen molar-refractivity contribution in [2.45, 2.75) is 232 Å². The molecule has 0 aromatic carbocycles. The summed E-state index contributed by atoms with van der Waals surface area (Å²) in [7, 11) is 1.14. The molecular formula is C54H99N2O7P. The van der Waals surface area contributed by atoms with Gasteiger partial charge in [-0.3, -0.25) is 14.2 Å². The number of nitrogens with zero attached hydrogens (tertiary/aromatic N) is 1. The fraction of sp³-hybridized carbons (Fsp3) is 0.778. The number of phosphoric acid groups is 1. The lowest BCUT2D eigenvalue weighted by Crippen LogP contribution is -2.47. The average Bonchev–Trinajstić information content (AvgIpc) is 3.25. The second-order valence-corrected chi connectivity index (χ2v) is 20.0. The van der Waals surface area contributed by atoms with Crippen molar-refractivity contribution in [2.24, 2.45) is 0 Å². The predicted molar refractivity (Wildman–Crippen MR) is 270 cm³/mol. The molecule has 1 amide bonds. The summed E-state index contributed by atoms with van der Waals surface area (Å²) in [4.78, 5) is 39.6. The monoisotopic (exact) mass is 919 g/mol. The van der Waals surface area contributed by atoms with Gasteiger partial charge in [0.25, 0.3) is 7.82 Å². The van der Waals surface area contributed by atoms with Crippen LogP contribution >= 0.6 is 7.82 Å². The van der Waals surface area contributed by atoms with Gasteiger partial charge in [-0.2, -0.15) is 0 Å². The van der Waals surface area contributed by atoms with Crippen LogP contribution in [0.25, 0.3) is 0 Å². The summed E-state index contributed by atoms with van der Waals surface area (Å²) < 4.78 is 30.0. The van der Waals surface area contributed by atoms with Crippen LogP contribution in [0, 0.1) is 0 Å². The molecule has 0 aromatic rings. The first-order valence-corrected chi connectivity index (χ1v) is 27.6. The van der Waals surface area contributed by atoms with Crippen molar-refractivity contribution >= 4 is 19.7 Å². The number of quaternary nitrogens is 1. The van der Waals surface area contributed by atoms with Crippen molar-refractivity contribution in [1.82, 2.24) is 5.32 Å². The van der Waals surface area contributed by atoms with Gasteiger partial charge in [0.05, 0.1) is 33.8 Å². The molecule has 0 spiro atoms. The van der Waals surface area contributed by atoms with Gasteiger partial charge in [-0.15, -0.1) is 0 Å². The summed E-state index contributed by atoms with van der Waals surface area (Å²) in [6, 6.07) is -0.920. The van der Waals surface area contributed by atoms with Crippen LogP contribution in [0.4, 0.5) is 0 Å². The maximum atomic E-state index is 13.4. The van der Waals surface area contributed by atoms with Gasteiger partial charge in [-0.25, -0.2) is 0 Å². The molecule has 64 heavy (non-hydrogen) atoms. The van der Waals surface area contributed by atoms with E-state index in [0.717, 1.165) is 70.6 Å². The Morgan fingerprint density at radius 3 is 1.52 bits per heavy atom. The highest BCUT2D eigenvalue weighted by Gasteiger charge is 2.27. The summed E-state index contributed by atoms with van der Waals surface area (Å²) in [5.74, 6) is -0.633. The number of carbonyl (C=O) groups is 2. The molecule has 372 valence electrons. The summed E-state index contributed by atoms with van der Waals surface area (Å²) in [5.41, 5.74) is 0. The van der Waals surface area contributed by atoms with Gasteiger partial charge in [0, 0.05) is 12.8 Å². The topological polar surface area (TPSA) is 114 Å². The molecule has 0 aliphatic heterocycles. The summed E-state index contributed by atoms with van der Waals surface area (Å²) >= 11 is 0. The maximum absolute atomic E-state index is 13.4. The molecule has 0 radical (unpaired) electrons. The normalized spacial score (nSPS) is 14.4. The number of hydrogen-bond donors (Lipinski definition) is 1. The van der Waals surface area contributed by atoms with Crippen LogP contribution < -0.4 is 10.2 Å². The van der Waals surface area contributed by atoms with E-state index in [9.17, 15) is 19.0 Å². The highest BCUT2D eigenvalue weighted by atomic mass is 31.2. The number of carbonyl (C=O) groups excluding carboxylic acids is 2. The van der Waals surface area contributed by atoms with E-state index in [-0.39, 0.29) is 31.3 Å². The van der Waals surface area contributed by atoms with Crippen LogP contribution in [0.5, 0.6) is 0 Å². The zero-order valence-corrected chi connectivity index (χ0v) is 43.1. The molecule has 10 heteroatoms. The number of ether oxygens (including phenoxy) is 1. The van der Waals surface area contributed by atoms with Gasteiger partial charge < -0.3 is 28.5 Å². The fourth-order valence-electron chi connectivity index (χ4n) is 7.14. The van der Waals surface area contributed by atoms with Crippen molar-refractivity contribution in [3.8, 4) is 0 Å². The van der Waals surface area contributed by atoms with E-state index in [0.29, 0.717) is 23.9 Å². The lowest BCUT2D eigenvalue weighted by Gasteiger charge is -2.30. The Morgan fingerprint density at radius 1 is 0.562 bits per heavy atom. The van der Waals surface area contributed by atoms with E-state index in [1.54, 1.807) is 6.08 Å².